The zero-order valence-corrected chi connectivity index (χ0v) is 42.7. The number of carbonyl (C=O) groups is 11. The molecule has 0 radical (unpaired) electrons. The van der Waals surface area contributed by atoms with Crippen LogP contribution in [0.1, 0.15) is 98.9 Å². The Bertz CT molecular complexity index is 2990. The van der Waals surface area contributed by atoms with E-state index in [0.717, 1.165) is 4.90 Å². The summed E-state index contributed by atoms with van der Waals surface area (Å²) < 4.78 is 5.09. The van der Waals surface area contributed by atoms with Gasteiger partial charge in [0.1, 0.15) is 49.1 Å². The Morgan fingerprint density at radius 1 is 0.633 bits per heavy atom. The van der Waals surface area contributed by atoms with E-state index in [9.17, 15) is 63.0 Å². The molecule has 7 rings (SSSR count). The second kappa shape index (κ2) is 27.2. The van der Waals surface area contributed by atoms with Crippen molar-refractivity contribution in [1.82, 2.24) is 21.3 Å². The number of ether oxygens (including phenoxy) is 1. The maximum absolute atomic E-state index is 13.8. The number of anilines is 4. The number of carboxylic acids is 1. The molecule has 424 valence electrons. The number of cyclic esters (lactones) is 1. The van der Waals surface area contributed by atoms with E-state index in [1.54, 1.807) is 77.1 Å². The molecule has 4 aromatic rings. The number of hydrogen-bond donors (Lipinski definition) is 7. The molecule has 0 saturated carbocycles. The number of nitrogens with one attached hydrogen (secondary N) is 4. The first kappa shape index (κ1) is 64.1. The Morgan fingerprint density at radius 2 is 1.01 bits per heavy atom. The average Bonchev–Trinajstić information content (AvgIpc) is 3.57. The monoisotopic (exact) mass is 1090 g/mol. The number of aliphatic carboxylic acids is 1. The van der Waals surface area contributed by atoms with Crippen molar-refractivity contribution in [2.45, 2.75) is 114 Å². The summed E-state index contributed by atoms with van der Waals surface area (Å²) in [6, 6.07) is 14.7. The molecule has 1 saturated heterocycles. The summed E-state index contributed by atoms with van der Waals surface area (Å²) in [6.45, 7) is 9.53. The molecule has 1 unspecified atom stereocenters. The fourth-order valence-corrected chi connectivity index (χ4v) is 8.93. The minimum absolute atomic E-state index is 0. The van der Waals surface area contributed by atoms with Crippen LogP contribution in [0.3, 0.4) is 0 Å². The Kier molecular flexibility index (Phi) is 22.1. The van der Waals surface area contributed by atoms with E-state index in [1.807, 2.05) is 0 Å². The van der Waals surface area contributed by atoms with Crippen LogP contribution in [0.2, 0.25) is 0 Å². The predicted octanol–water partition coefficient (Wildman–Crippen LogP) is 3.90. The molecule has 4 aromatic carbocycles. The highest BCUT2D eigenvalue weighted by atomic mass is 16.6. The average molecular weight is 1100 g/mol. The molecule has 1 fully saturated rings. The molecule has 3 aliphatic rings. The Labute approximate surface area is 458 Å². The fraction of sp³-hybridized carbons (Fsp3) is 0.375. The van der Waals surface area contributed by atoms with Crippen molar-refractivity contribution in [1.29, 1.82) is 0 Å². The summed E-state index contributed by atoms with van der Waals surface area (Å²) in [5, 5.41) is 39.4. The maximum Gasteiger partial charge on any atom is 0.308 e. The van der Waals surface area contributed by atoms with Crippen LogP contribution in [0, 0.1) is 27.7 Å². The standard InChI is InChI=1S/C27H30N4O7.C26H28N4O8.3CH4/c1-14-9-18(10-15(2)25(14)35)26(36)29-20-12-30(17(4)32)21-7-5-6-8-22(21)31(27(20)37)13-23(33)28-19-11-24(34)38-16(19)3;1-14-8-17(9-15(2)24(14)36)25(37)28-19-11-29(16(3)32)20-6-4-5-7-21(20)30(26(19)38)12-22(33)27-18(13-31)10-23(34)35;;;/h5-10,16,19-20,35H,11-13H2,1-4H3,(H,28,33)(H,29,36);4-9,13,18-19,36H,10-12H2,1-3H3,(H,27,33)(H,28,37)(H,34,35);3*1H4/t16?,19-,20-;18-,19-;;;/m00.../s1. The number of esters is 1. The van der Waals surface area contributed by atoms with Gasteiger partial charge in [-0.2, -0.15) is 0 Å². The van der Waals surface area contributed by atoms with Crippen molar-refractivity contribution in [2.24, 2.45) is 0 Å². The summed E-state index contributed by atoms with van der Waals surface area (Å²) in [4.78, 5) is 143. The van der Waals surface area contributed by atoms with Gasteiger partial charge in [-0.25, -0.2) is 0 Å². The molecule has 3 heterocycles. The Hall–Kier alpha value is -9.15. The molecule has 8 amide bonds. The topological polar surface area (TPSA) is 319 Å². The molecule has 7 N–H and O–H groups in total. The third-order valence-corrected chi connectivity index (χ3v) is 12.8. The van der Waals surface area contributed by atoms with E-state index < -0.39 is 103 Å². The predicted molar refractivity (Wildman–Crippen MR) is 294 cm³/mol. The molecular formula is C56H70N8O15. The molecule has 23 heteroatoms. The van der Waals surface area contributed by atoms with Gasteiger partial charge < -0.3 is 55.9 Å². The molecule has 3 aliphatic heterocycles. The van der Waals surface area contributed by atoms with E-state index in [4.69, 9.17) is 9.84 Å². The number of fused-ring (bicyclic) bond motifs is 2. The summed E-state index contributed by atoms with van der Waals surface area (Å²) in [5.74, 6) is -6.15. The van der Waals surface area contributed by atoms with Gasteiger partial charge in [-0.15, -0.1) is 0 Å². The van der Waals surface area contributed by atoms with Crippen molar-refractivity contribution < 1.29 is 72.8 Å². The van der Waals surface area contributed by atoms with Gasteiger partial charge in [-0.3, -0.25) is 57.7 Å². The van der Waals surface area contributed by atoms with Crippen LogP contribution in [-0.4, -0.2) is 137 Å². The summed E-state index contributed by atoms with van der Waals surface area (Å²) >= 11 is 0. The summed E-state index contributed by atoms with van der Waals surface area (Å²) in [7, 11) is 0. The lowest BCUT2D eigenvalue weighted by Gasteiger charge is -2.26. The zero-order valence-electron chi connectivity index (χ0n) is 42.7. The van der Waals surface area contributed by atoms with Gasteiger partial charge in [-0.1, -0.05) is 46.5 Å². The first-order chi connectivity index (χ1) is 35.9. The van der Waals surface area contributed by atoms with Crippen LogP contribution < -0.4 is 40.9 Å². The third kappa shape index (κ3) is 15.1. The lowest BCUT2D eigenvalue weighted by atomic mass is 10.0. The molecule has 5 atom stereocenters. The molecule has 0 aliphatic carbocycles. The number of rotatable bonds is 13. The van der Waals surface area contributed by atoms with E-state index in [0.29, 0.717) is 39.3 Å². The first-order valence-corrected chi connectivity index (χ1v) is 23.9. The van der Waals surface area contributed by atoms with E-state index in [1.165, 1.54) is 58.9 Å². The molecule has 0 spiro atoms. The Morgan fingerprint density at radius 3 is 1.35 bits per heavy atom. The van der Waals surface area contributed by atoms with E-state index >= 15 is 0 Å². The van der Waals surface area contributed by atoms with Gasteiger partial charge in [-0.05, 0) is 105 Å². The van der Waals surface area contributed by atoms with Gasteiger partial charge in [0, 0.05) is 25.0 Å². The minimum Gasteiger partial charge on any atom is -0.507 e. The lowest BCUT2D eigenvalue weighted by Crippen LogP contribution is -2.54. The fourth-order valence-electron chi connectivity index (χ4n) is 8.93. The normalized spacial score (nSPS) is 17.6. The highest BCUT2D eigenvalue weighted by Crippen LogP contribution is 2.35. The molecule has 0 bridgehead atoms. The van der Waals surface area contributed by atoms with Crippen molar-refractivity contribution in [3.8, 4) is 11.5 Å². The quantitative estimate of drug-likeness (QED) is 0.0738. The number of aryl methyl sites for hydroxylation is 4. The van der Waals surface area contributed by atoms with Crippen LogP contribution in [0.15, 0.2) is 72.8 Å². The van der Waals surface area contributed by atoms with Crippen LogP contribution in [0.4, 0.5) is 22.7 Å². The zero-order chi connectivity index (χ0) is 55.9. The molecular weight excluding hydrogens is 1020 g/mol. The molecule has 0 aromatic heterocycles. The highest BCUT2D eigenvalue weighted by Gasteiger charge is 2.40. The first-order valence-electron chi connectivity index (χ1n) is 23.9. The number of para-hydroxylation sites is 4. The Balaban J connectivity index is 0.000000400. The van der Waals surface area contributed by atoms with Gasteiger partial charge in [0.25, 0.3) is 23.6 Å². The number of aldehydes is 1. The van der Waals surface area contributed by atoms with Crippen LogP contribution >= 0.6 is 0 Å². The smallest absolute Gasteiger partial charge is 0.308 e. The number of phenols is 2. The second-order valence-corrected chi connectivity index (χ2v) is 18.5. The highest BCUT2D eigenvalue weighted by molar-refractivity contribution is 6.12. The largest absolute Gasteiger partial charge is 0.507 e. The number of aromatic hydroxyl groups is 2. The van der Waals surface area contributed by atoms with E-state index in [2.05, 4.69) is 21.3 Å². The number of nitrogens with zero attached hydrogens (tertiary/aromatic N) is 4. The van der Waals surface area contributed by atoms with Crippen LogP contribution in [-0.2, 0) is 47.9 Å². The number of carbonyl (C=O) groups excluding carboxylic acids is 10. The SMILES string of the molecule is C.C.C.CC(=O)N1C[C@H](NC(=O)c2cc(C)c(O)c(C)c2)C(=O)N(CC(=O)N[C@H](C=O)CC(=O)O)c2ccccc21.CC(=O)N1C[C@H](NC(=O)c2cc(C)c(O)c(C)c2)C(=O)N(CC(=O)N[C@H]2CC(=O)OC2C)c2ccccc21. The number of carboxylic acid groups (broad SMARTS) is 1. The number of amides is 8. The number of phenolic OH excluding ortho intramolecular Hbond substituents is 2. The molecule has 23 nitrogen and oxygen atoms in total. The van der Waals surface area contributed by atoms with Gasteiger partial charge in [0.05, 0.1) is 60.8 Å². The van der Waals surface area contributed by atoms with Crippen molar-refractivity contribution in [3.05, 3.63) is 106 Å². The summed E-state index contributed by atoms with van der Waals surface area (Å²) in [5.41, 5.74) is 3.66. The summed E-state index contributed by atoms with van der Waals surface area (Å²) in [6.07, 6.45) is -0.829. The van der Waals surface area contributed by atoms with Crippen molar-refractivity contribution in [3.63, 3.8) is 0 Å². The minimum atomic E-state index is -1.30. The molecule has 79 heavy (non-hydrogen) atoms. The van der Waals surface area contributed by atoms with Crippen LogP contribution in [0.5, 0.6) is 11.5 Å². The number of hydrogen-bond acceptors (Lipinski definition) is 14. The van der Waals surface area contributed by atoms with Gasteiger partial charge >= 0.3 is 11.9 Å². The maximum atomic E-state index is 13.8. The van der Waals surface area contributed by atoms with Gasteiger partial charge in [0.2, 0.25) is 23.6 Å². The number of benzene rings is 4. The second-order valence-electron chi connectivity index (χ2n) is 18.5. The van der Waals surface area contributed by atoms with Crippen molar-refractivity contribution in [2.75, 3.05) is 45.8 Å². The lowest BCUT2D eigenvalue weighted by molar-refractivity contribution is -0.141. The third-order valence-electron chi connectivity index (χ3n) is 12.8. The van der Waals surface area contributed by atoms with Crippen LogP contribution in [0.25, 0.3) is 0 Å². The van der Waals surface area contributed by atoms with Gasteiger partial charge in [0.15, 0.2) is 0 Å². The van der Waals surface area contributed by atoms with E-state index in [-0.39, 0.29) is 82.3 Å². The van der Waals surface area contributed by atoms with Crippen molar-refractivity contribution >= 4 is 88.2 Å².